The van der Waals surface area contributed by atoms with Gasteiger partial charge < -0.3 is 5.11 Å². The molecule has 5 nitrogen and oxygen atoms in total. The van der Waals surface area contributed by atoms with Crippen LogP contribution in [0, 0.1) is 5.92 Å². The van der Waals surface area contributed by atoms with Gasteiger partial charge in [0.05, 0.1) is 4.90 Å². The number of benzene rings is 2. The van der Waals surface area contributed by atoms with Crippen LogP contribution in [0.25, 0.3) is 6.08 Å². The number of rotatable bonds is 3. The van der Waals surface area contributed by atoms with Gasteiger partial charge >= 0.3 is 0 Å². The van der Waals surface area contributed by atoms with Crippen molar-refractivity contribution in [2.45, 2.75) is 18.7 Å². The van der Waals surface area contributed by atoms with Crippen molar-refractivity contribution in [1.82, 2.24) is 4.31 Å². The molecule has 0 spiro atoms. The van der Waals surface area contributed by atoms with Crippen LogP contribution >= 0.6 is 0 Å². The Morgan fingerprint density at radius 1 is 1.08 bits per heavy atom. The van der Waals surface area contributed by atoms with Crippen LogP contribution in [-0.2, 0) is 10.0 Å². The lowest BCUT2D eigenvalue weighted by Gasteiger charge is -2.32. The number of nitrogens with zero attached hydrogens (tertiary/aromatic N) is 1. The first-order chi connectivity index (χ1) is 11.8. The Kier molecular flexibility index (Phi) is 4.39. The van der Waals surface area contributed by atoms with E-state index in [0.717, 1.165) is 0 Å². The Morgan fingerprint density at radius 3 is 2.36 bits per heavy atom. The fourth-order valence-corrected chi connectivity index (χ4v) is 4.59. The first-order valence-corrected chi connectivity index (χ1v) is 9.42. The Labute approximate surface area is 147 Å². The maximum Gasteiger partial charge on any atom is 0.265 e. The Morgan fingerprint density at radius 2 is 1.72 bits per heavy atom. The van der Waals surface area contributed by atoms with Crippen LogP contribution in [0.15, 0.2) is 59.1 Å². The van der Waals surface area contributed by atoms with Gasteiger partial charge in [-0.15, -0.1) is 0 Å². The van der Waals surface area contributed by atoms with Crippen molar-refractivity contribution in [2.24, 2.45) is 5.92 Å². The van der Waals surface area contributed by atoms with Crippen molar-refractivity contribution in [3.63, 3.8) is 0 Å². The molecule has 0 bridgehead atoms. The topological polar surface area (TPSA) is 74.7 Å². The number of Topliss-reactive ketones (excluding diaryl/α,β-unsaturated/α-hetero) is 1. The van der Waals surface area contributed by atoms with E-state index in [1.165, 1.54) is 28.6 Å². The number of hydrogen-bond donors (Lipinski definition) is 1. The Balaban J connectivity index is 2.21. The summed E-state index contributed by atoms with van der Waals surface area (Å²) in [5, 5.41) is 9.40. The molecule has 130 valence electrons. The molecule has 6 heteroatoms. The molecule has 1 aliphatic heterocycles. The third-order valence-electron chi connectivity index (χ3n) is 3.93. The second-order valence-electron chi connectivity index (χ2n) is 6.38. The third-order valence-corrected chi connectivity index (χ3v) is 5.77. The summed E-state index contributed by atoms with van der Waals surface area (Å²) in [6, 6.07) is 12.5. The van der Waals surface area contributed by atoms with E-state index in [4.69, 9.17) is 0 Å². The molecule has 0 saturated carbocycles. The molecule has 1 N–H and O–H groups in total. The van der Waals surface area contributed by atoms with Gasteiger partial charge in [0.25, 0.3) is 10.0 Å². The van der Waals surface area contributed by atoms with Crippen LogP contribution in [0.3, 0.4) is 0 Å². The highest BCUT2D eigenvalue weighted by Gasteiger charge is 2.39. The lowest BCUT2D eigenvalue weighted by Crippen LogP contribution is -2.40. The van der Waals surface area contributed by atoms with Gasteiger partial charge in [0.2, 0.25) is 5.78 Å². The molecule has 0 amide bonds. The molecular formula is C19H19NO4S. The molecule has 0 saturated heterocycles. The highest BCUT2D eigenvalue weighted by Crippen LogP contribution is 2.33. The van der Waals surface area contributed by atoms with Crippen LogP contribution in [0.5, 0.6) is 5.75 Å². The van der Waals surface area contributed by atoms with E-state index in [2.05, 4.69) is 0 Å². The largest absolute Gasteiger partial charge is 0.508 e. The van der Waals surface area contributed by atoms with E-state index in [1.807, 2.05) is 13.8 Å². The summed E-state index contributed by atoms with van der Waals surface area (Å²) in [6.07, 6.45) is 1.55. The molecule has 0 fully saturated rings. The summed E-state index contributed by atoms with van der Waals surface area (Å²) in [7, 11) is -3.79. The van der Waals surface area contributed by atoms with E-state index in [0.29, 0.717) is 5.56 Å². The SMILES string of the molecule is CC(C)CN1C(=Cc2ccc(O)cc2)C(=O)c2ccccc2S1(=O)=O. The molecule has 0 radical (unpaired) electrons. The van der Waals surface area contributed by atoms with Gasteiger partial charge in [-0.1, -0.05) is 38.1 Å². The second-order valence-corrected chi connectivity index (χ2v) is 8.21. The number of ketones is 1. The number of aromatic hydroxyl groups is 1. The zero-order chi connectivity index (χ0) is 18.2. The number of sulfonamides is 1. The van der Waals surface area contributed by atoms with Crippen molar-refractivity contribution < 1.29 is 18.3 Å². The number of carbonyl (C=O) groups is 1. The summed E-state index contributed by atoms with van der Waals surface area (Å²) >= 11 is 0. The maximum atomic E-state index is 13.0. The fraction of sp³-hybridized carbons (Fsp3) is 0.211. The van der Waals surface area contributed by atoms with Gasteiger partial charge in [-0.3, -0.25) is 9.10 Å². The van der Waals surface area contributed by atoms with E-state index in [-0.39, 0.29) is 40.2 Å². The van der Waals surface area contributed by atoms with Crippen LogP contribution in [0.2, 0.25) is 0 Å². The molecule has 2 aromatic rings. The van der Waals surface area contributed by atoms with Crippen molar-refractivity contribution in [2.75, 3.05) is 6.54 Å². The zero-order valence-electron chi connectivity index (χ0n) is 14.0. The summed E-state index contributed by atoms with van der Waals surface area (Å²) in [6.45, 7) is 4.02. The molecule has 1 heterocycles. The fourth-order valence-electron chi connectivity index (χ4n) is 2.77. The van der Waals surface area contributed by atoms with Crippen LogP contribution < -0.4 is 0 Å². The van der Waals surface area contributed by atoms with Gasteiger partial charge in [0.15, 0.2) is 0 Å². The molecule has 0 aromatic heterocycles. The van der Waals surface area contributed by atoms with Gasteiger partial charge in [-0.25, -0.2) is 8.42 Å². The second kappa shape index (κ2) is 6.37. The first-order valence-electron chi connectivity index (χ1n) is 7.98. The van der Waals surface area contributed by atoms with Crippen molar-refractivity contribution in [3.8, 4) is 5.75 Å². The van der Waals surface area contributed by atoms with E-state index in [1.54, 1.807) is 30.3 Å². The molecule has 1 aliphatic rings. The average molecular weight is 357 g/mol. The average Bonchev–Trinajstić information content (AvgIpc) is 2.58. The van der Waals surface area contributed by atoms with Crippen molar-refractivity contribution in [3.05, 3.63) is 65.4 Å². The van der Waals surface area contributed by atoms with E-state index in [9.17, 15) is 18.3 Å². The number of allylic oxidation sites excluding steroid dienone is 1. The number of phenols is 1. The number of carbonyl (C=O) groups excluding carboxylic acids is 1. The minimum atomic E-state index is -3.79. The van der Waals surface area contributed by atoms with Crippen molar-refractivity contribution >= 4 is 21.9 Å². The Hall–Kier alpha value is -2.60. The van der Waals surface area contributed by atoms with E-state index < -0.39 is 10.0 Å². The lowest BCUT2D eigenvalue weighted by molar-refractivity contribution is 0.1000. The molecule has 3 rings (SSSR count). The number of fused-ring (bicyclic) bond motifs is 1. The normalized spacial score (nSPS) is 17.8. The predicted molar refractivity (Wildman–Crippen MR) is 95.6 cm³/mol. The molecule has 25 heavy (non-hydrogen) atoms. The summed E-state index contributed by atoms with van der Waals surface area (Å²) in [5.74, 6) is -0.163. The highest BCUT2D eigenvalue weighted by molar-refractivity contribution is 7.89. The minimum absolute atomic E-state index is 0.0449. The van der Waals surface area contributed by atoms with Crippen LogP contribution in [0.4, 0.5) is 0 Å². The monoisotopic (exact) mass is 357 g/mol. The molecule has 0 atom stereocenters. The Bertz CT molecular complexity index is 944. The maximum absolute atomic E-state index is 13.0. The van der Waals surface area contributed by atoms with Crippen LogP contribution in [0.1, 0.15) is 29.8 Å². The highest BCUT2D eigenvalue weighted by atomic mass is 32.2. The van der Waals surface area contributed by atoms with Crippen LogP contribution in [-0.4, -0.2) is 30.2 Å². The summed E-state index contributed by atoms with van der Waals surface area (Å²) in [4.78, 5) is 13.0. The van der Waals surface area contributed by atoms with Gasteiger partial charge in [-0.05, 0) is 41.8 Å². The molecule has 0 aliphatic carbocycles. The minimum Gasteiger partial charge on any atom is -0.508 e. The lowest BCUT2D eigenvalue weighted by atomic mass is 10.0. The third kappa shape index (κ3) is 3.17. The van der Waals surface area contributed by atoms with E-state index >= 15 is 0 Å². The molecule has 0 unspecified atom stereocenters. The molecule has 2 aromatic carbocycles. The number of hydrogen-bond acceptors (Lipinski definition) is 4. The predicted octanol–water partition coefficient (Wildman–Crippen LogP) is 3.28. The summed E-state index contributed by atoms with van der Waals surface area (Å²) in [5.41, 5.74) is 0.954. The smallest absolute Gasteiger partial charge is 0.265 e. The van der Waals surface area contributed by atoms with Gasteiger partial charge in [0, 0.05) is 12.1 Å². The quantitative estimate of drug-likeness (QED) is 0.856. The zero-order valence-corrected chi connectivity index (χ0v) is 14.8. The van der Waals surface area contributed by atoms with Gasteiger partial charge in [0.1, 0.15) is 11.4 Å². The van der Waals surface area contributed by atoms with Crippen molar-refractivity contribution in [1.29, 1.82) is 0 Å². The standard InChI is InChI=1S/C19H19NO4S/c1-13(2)12-20-17(11-14-7-9-15(21)10-8-14)19(22)16-5-3-4-6-18(16)25(20,23)24/h3-11,13,21H,12H2,1-2H3. The summed E-state index contributed by atoms with van der Waals surface area (Å²) < 4.78 is 27.3. The first kappa shape index (κ1) is 17.2. The molecular weight excluding hydrogens is 338 g/mol. The van der Waals surface area contributed by atoms with Gasteiger partial charge in [-0.2, -0.15) is 0 Å². The number of phenolic OH excluding ortho intramolecular Hbond substituents is 1.